The zero-order chi connectivity index (χ0) is 9.57. The highest BCUT2D eigenvalue weighted by atomic mass is 31.2. The van der Waals surface area contributed by atoms with Crippen molar-refractivity contribution < 1.29 is 28.7 Å². The third-order valence-electron chi connectivity index (χ3n) is 1.29. The van der Waals surface area contributed by atoms with Crippen LogP contribution in [0.4, 0.5) is 0 Å². The van der Waals surface area contributed by atoms with E-state index >= 15 is 0 Å². The molecule has 6 nitrogen and oxygen atoms in total. The van der Waals surface area contributed by atoms with Crippen molar-refractivity contribution >= 4 is 15.2 Å². The quantitative estimate of drug-likeness (QED) is 0.483. The highest BCUT2D eigenvalue weighted by Crippen LogP contribution is 2.61. The molecular weight excluding hydrogens is 206 g/mol. The largest absolute Gasteiger partial charge is 0.357 e. The minimum absolute atomic E-state index is 0.573. The van der Waals surface area contributed by atoms with Gasteiger partial charge in [-0.25, -0.2) is 0 Å². The molecule has 0 fully saturated rings. The normalized spacial score (nSPS) is 18.0. The van der Waals surface area contributed by atoms with Gasteiger partial charge in [-0.3, -0.25) is 9.13 Å². The summed E-state index contributed by atoms with van der Waals surface area (Å²) in [6.07, 6.45) is 1.99. The first kappa shape index (κ1) is 9.86. The van der Waals surface area contributed by atoms with Crippen molar-refractivity contribution in [3.8, 4) is 0 Å². The summed E-state index contributed by atoms with van der Waals surface area (Å²) >= 11 is 0. The molecule has 1 rings (SSSR count). The molecule has 12 heavy (non-hydrogen) atoms. The monoisotopic (exact) mass is 212 g/mol. The van der Waals surface area contributed by atoms with Gasteiger partial charge in [0.2, 0.25) is 0 Å². The lowest BCUT2D eigenvalue weighted by atomic mass is 10.3. The Kier molecular flexibility index (Phi) is 2.17. The summed E-state index contributed by atoms with van der Waals surface area (Å²) in [5.74, 6) is 0. The van der Waals surface area contributed by atoms with E-state index in [4.69, 9.17) is 19.6 Å². The molecule has 0 radical (unpaired) electrons. The Hall–Kier alpha value is -0.220. The maximum atomic E-state index is 10.5. The molecule has 0 saturated heterocycles. The highest BCUT2D eigenvalue weighted by Gasteiger charge is 2.35. The van der Waals surface area contributed by atoms with Gasteiger partial charge in [0.05, 0.1) is 10.6 Å². The van der Waals surface area contributed by atoms with E-state index < -0.39 is 25.8 Å². The van der Waals surface area contributed by atoms with E-state index in [9.17, 15) is 9.13 Å². The second-order valence-corrected chi connectivity index (χ2v) is 5.33. The van der Waals surface area contributed by atoms with Crippen molar-refractivity contribution in [1.29, 1.82) is 0 Å². The van der Waals surface area contributed by atoms with E-state index in [1.807, 2.05) is 0 Å². The fourth-order valence-electron chi connectivity index (χ4n) is 0.725. The second-order valence-electron chi connectivity index (χ2n) is 2.19. The van der Waals surface area contributed by atoms with Gasteiger partial charge in [0.1, 0.15) is 0 Å². The Morgan fingerprint density at radius 2 is 1.08 bits per heavy atom. The van der Waals surface area contributed by atoms with Crippen LogP contribution in [0.25, 0.3) is 0 Å². The Balaban J connectivity index is 3.12. The number of allylic oxidation sites excluding steroid dienone is 4. The number of hydrogen-bond donors (Lipinski definition) is 4. The Morgan fingerprint density at radius 1 is 0.833 bits per heavy atom. The molecule has 1 aliphatic carbocycles. The molecule has 1 aliphatic rings. The van der Waals surface area contributed by atoms with E-state index in [0.717, 1.165) is 12.2 Å². The smallest absolute Gasteiger partial charge is 0.321 e. The molecule has 0 aromatic heterocycles. The fourth-order valence-corrected chi connectivity index (χ4v) is 2.79. The van der Waals surface area contributed by atoms with Crippen molar-refractivity contribution in [2.75, 3.05) is 0 Å². The first-order valence-corrected chi connectivity index (χ1v) is 6.00. The molecular formula is C4H6O6P2. The first-order chi connectivity index (χ1) is 5.23. The van der Waals surface area contributed by atoms with Crippen LogP contribution >= 0.6 is 15.2 Å². The third-order valence-corrected chi connectivity index (χ3v) is 3.50. The van der Waals surface area contributed by atoms with Gasteiger partial charge >= 0.3 is 15.2 Å². The molecule has 0 aromatic rings. The lowest BCUT2D eigenvalue weighted by Crippen LogP contribution is -1.98. The minimum Gasteiger partial charge on any atom is -0.321 e. The standard InChI is InChI=1S/C4H6O6P2/c5-11(6,7)3-1-2-4(3)12(8,9)10/h1-2H,(H2,5,6,7)(H2,8,9,10). The van der Waals surface area contributed by atoms with Crippen LogP contribution in [0.15, 0.2) is 22.8 Å². The molecule has 0 aromatic carbocycles. The van der Waals surface area contributed by atoms with Crippen LogP contribution in [0.2, 0.25) is 0 Å². The lowest BCUT2D eigenvalue weighted by molar-refractivity contribution is 0.374. The summed E-state index contributed by atoms with van der Waals surface area (Å²) in [4.78, 5) is 34.1. The molecule has 0 atom stereocenters. The summed E-state index contributed by atoms with van der Waals surface area (Å²) in [6, 6.07) is 0. The molecule has 68 valence electrons. The maximum Gasteiger partial charge on any atom is 0.357 e. The topological polar surface area (TPSA) is 115 Å². The van der Waals surface area contributed by atoms with Crippen LogP contribution in [0.1, 0.15) is 0 Å². The van der Waals surface area contributed by atoms with E-state index in [0.29, 0.717) is 0 Å². The van der Waals surface area contributed by atoms with Gasteiger partial charge in [0.25, 0.3) is 0 Å². The predicted octanol–water partition coefficient (Wildman–Crippen LogP) is 0.123. The SMILES string of the molecule is O=P(O)(O)C1=C(P(=O)(O)O)C=C1. The Labute approximate surface area is 67.6 Å². The van der Waals surface area contributed by atoms with Gasteiger partial charge < -0.3 is 19.6 Å². The summed E-state index contributed by atoms with van der Waals surface area (Å²) < 4.78 is 21.0. The molecule has 0 amide bonds. The van der Waals surface area contributed by atoms with E-state index in [1.165, 1.54) is 0 Å². The summed E-state index contributed by atoms with van der Waals surface area (Å²) in [7, 11) is -9.04. The van der Waals surface area contributed by atoms with Crippen molar-refractivity contribution in [1.82, 2.24) is 0 Å². The van der Waals surface area contributed by atoms with E-state index in [2.05, 4.69) is 0 Å². The van der Waals surface area contributed by atoms with E-state index in [1.54, 1.807) is 0 Å². The zero-order valence-electron chi connectivity index (χ0n) is 5.65. The second kappa shape index (κ2) is 2.64. The van der Waals surface area contributed by atoms with Crippen molar-refractivity contribution in [3.63, 3.8) is 0 Å². The number of rotatable bonds is 2. The van der Waals surface area contributed by atoms with Crippen LogP contribution in [-0.2, 0) is 9.13 Å². The average Bonchev–Trinajstić information content (AvgIpc) is 1.46. The molecule has 8 heteroatoms. The molecule has 0 heterocycles. The predicted molar refractivity (Wildman–Crippen MR) is 40.3 cm³/mol. The maximum absolute atomic E-state index is 10.5. The average molecular weight is 212 g/mol. The van der Waals surface area contributed by atoms with Gasteiger partial charge in [-0.2, -0.15) is 0 Å². The molecule has 0 spiro atoms. The van der Waals surface area contributed by atoms with Crippen LogP contribution < -0.4 is 0 Å². The lowest BCUT2D eigenvalue weighted by Gasteiger charge is -2.17. The van der Waals surface area contributed by atoms with Crippen LogP contribution in [0.3, 0.4) is 0 Å². The summed E-state index contributed by atoms with van der Waals surface area (Å²) in [6.45, 7) is 0. The van der Waals surface area contributed by atoms with Gasteiger partial charge in [-0.15, -0.1) is 0 Å². The van der Waals surface area contributed by atoms with Gasteiger partial charge in [-0.05, 0) is 12.2 Å². The molecule has 0 unspecified atom stereocenters. The minimum atomic E-state index is -4.52. The van der Waals surface area contributed by atoms with Gasteiger partial charge in [-0.1, -0.05) is 0 Å². The summed E-state index contributed by atoms with van der Waals surface area (Å²) in [5, 5.41) is -1.15. The Bertz CT molecular complexity index is 320. The summed E-state index contributed by atoms with van der Waals surface area (Å²) in [5.41, 5.74) is 0. The molecule has 0 bridgehead atoms. The van der Waals surface area contributed by atoms with E-state index in [-0.39, 0.29) is 0 Å². The highest BCUT2D eigenvalue weighted by molar-refractivity contribution is 7.61. The fraction of sp³-hybridized carbons (Fsp3) is 0. The van der Waals surface area contributed by atoms with Crippen molar-refractivity contribution in [2.45, 2.75) is 0 Å². The van der Waals surface area contributed by atoms with Gasteiger partial charge in [0.15, 0.2) is 0 Å². The third kappa shape index (κ3) is 1.75. The molecule has 0 aliphatic heterocycles. The van der Waals surface area contributed by atoms with Crippen LogP contribution in [0.5, 0.6) is 0 Å². The molecule has 4 N–H and O–H groups in total. The zero-order valence-corrected chi connectivity index (χ0v) is 7.44. The molecule has 0 saturated carbocycles. The van der Waals surface area contributed by atoms with Gasteiger partial charge in [0, 0.05) is 0 Å². The van der Waals surface area contributed by atoms with Crippen LogP contribution in [0, 0.1) is 0 Å². The van der Waals surface area contributed by atoms with Crippen molar-refractivity contribution in [3.05, 3.63) is 22.8 Å². The Morgan fingerprint density at radius 3 is 1.17 bits per heavy atom. The van der Waals surface area contributed by atoms with Crippen LogP contribution in [-0.4, -0.2) is 19.6 Å². The first-order valence-electron chi connectivity index (χ1n) is 2.77. The number of hydrogen-bond acceptors (Lipinski definition) is 2. The van der Waals surface area contributed by atoms with Crippen molar-refractivity contribution in [2.24, 2.45) is 0 Å².